The van der Waals surface area contributed by atoms with Crippen molar-refractivity contribution in [3.05, 3.63) is 23.9 Å². The Bertz CT molecular complexity index is 381. The Morgan fingerprint density at radius 1 is 1.53 bits per heavy atom. The third-order valence-corrected chi connectivity index (χ3v) is 2.74. The molecule has 0 fully saturated rings. The van der Waals surface area contributed by atoms with E-state index in [0.29, 0.717) is 12.5 Å². The average molecular weight is 232 g/mol. The molecule has 0 saturated heterocycles. The van der Waals surface area contributed by atoms with Crippen molar-refractivity contribution in [1.29, 1.82) is 5.26 Å². The van der Waals surface area contributed by atoms with Gasteiger partial charge in [-0.2, -0.15) is 5.26 Å². The van der Waals surface area contributed by atoms with Crippen molar-refractivity contribution in [2.24, 2.45) is 0 Å². The molecule has 0 saturated carbocycles. The van der Waals surface area contributed by atoms with Gasteiger partial charge in [-0.05, 0) is 19.9 Å². The lowest BCUT2D eigenvalue weighted by Crippen LogP contribution is -2.31. The van der Waals surface area contributed by atoms with E-state index in [1.807, 2.05) is 13.1 Å². The maximum atomic E-state index is 8.66. The van der Waals surface area contributed by atoms with E-state index >= 15 is 0 Å². The quantitative estimate of drug-likeness (QED) is 0.817. The second kappa shape index (κ2) is 6.87. The highest BCUT2D eigenvalue weighted by atomic mass is 15.1. The van der Waals surface area contributed by atoms with Crippen molar-refractivity contribution in [1.82, 2.24) is 9.88 Å². The predicted octanol–water partition coefficient (Wildman–Crippen LogP) is 2.25. The first-order valence-electron chi connectivity index (χ1n) is 5.91. The van der Waals surface area contributed by atoms with Crippen LogP contribution in [0.1, 0.15) is 25.8 Å². The molecule has 0 unspecified atom stereocenters. The molecular weight excluding hydrogens is 212 g/mol. The van der Waals surface area contributed by atoms with Crippen LogP contribution in [0.2, 0.25) is 0 Å². The Labute approximate surface area is 103 Å². The van der Waals surface area contributed by atoms with Crippen LogP contribution < -0.4 is 5.32 Å². The summed E-state index contributed by atoms with van der Waals surface area (Å²) in [7, 11) is 1.88. The monoisotopic (exact) mass is 232 g/mol. The van der Waals surface area contributed by atoms with Gasteiger partial charge in [0.25, 0.3) is 0 Å². The van der Waals surface area contributed by atoms with Gasteiger partial charge in [-0.1, -0.05) is 6.07 Å². The number of pyridine rings is 1. The van der Waals surface area contributed by atoms with Crippen LogP contribution in [0, 0.1) is 11.3 Å². The molecule has 0 radical (unpaired) electrons. The van der Waals surface area contributed by atoms with Crippen molar-refractivity contribution in [2.45, 2.75) is 32.9 Å². The van der Waals surface area contributed by atoms with Crippen LogP contribution in [0.25, 0.3) is 0 Å². The number of hydrogen-bond acceptors (Lipinski definition) is 4. The van der Waals surface area contributed by atoms with Crippen molar-refractivity contribution in [3.8, 4) is 6.07 Å². The third kappa shape index (κ3) is 4.04. The highest BCUT2D eigenvalue weighted by Crippen LogP contribution is 2.15. The summed E-state index contributed by atoms with van der Waals surface area (Å²) in [4.78, 5) is 6.57. The summed E-state index contributed by atoms with van der Waals surface area (Å²) in [6.07, 6.45) is 2.34. The summed E-state index contributed by atoms with van der Waals surface area (Å²) in [5, 5.41) is 11.8. The average Bonchev–Trinajstić information content (AvgIpc) is 2.34. The molecule has 0 aliphatic carbocycles. The first kappa shape index (κ1) is 13.5. The van der Waals surface area contributed by atoms with Crippen LogP contribution in [-0.2, 0) is 6.54 Å². The van der Waals surface area contributed by atoms with E-state index in [-0.39, 0.29) is 0 Å². The van der Waals surface area contributed by atoms with E-state index in [0.717, 1.165) is 18.9 Å². The zero-order chi connectivity index (χ0) is 12.7. The summed E-state index contributed by atoms with van der Waals surface area (Å²) < 4.78 is 0. The number of aromatic nitrogens is 1. The van der Waals surface area contributed by atoms with Crippen LogP contribution in [0.4, 0.5) is 5.82 Å². The number of rotatable bonds is 6. The molecule has 4 nitrogen and oxygen atoms in total. The number of anilines is 1. The molecule has 1 aromatic heterocycles. The Hall–Kier alpha value is -1.60. The summed E-state index contributed by atoms with van der Waals surface area (Å²) >= 11 is 0. The van der Waals surface area contributed by atoms with Crippen LogP contribution in [0.3, 0.4) is 0 Å². The van der Waals surface area contributed by atoms with E-state index in [9.17, 15) is 0 Å². The second-order valence-corrected chi connectivity index (χ2v) is 4.23. The van der Waals surface area contributed by atoms with Crippen LogP contribution in [0.5, 0.6) is 0 Å². The van der Waals surface area contributed by atoms with Crippen LogP contribution in [0.15, 0.2) is 18.3 Å². The highest BCUT2D eigenvalue weighted by Gasteiger charge is 2.12. The molecule has 1 rings (SSSR count). The van der Waals surface area contributed by atoms with Gasteiger partial charge in [0.2, 0.25) is 0 Å². The van der Waals surface area contributed by atoms with Crippen molar-refractivity contribution in [3.63, 3.8) is 0 Å². The molecule has 1 heterocycles. The van der Waals surface area contributed by atoms with Crippen LogP contribution >= 0.6 is 0 Å². The molecular formula is C13H20N4. The molecule has 0 atom stereocenters. The molecule has 0 aliphatic heterocycles. The van der Waals surface area contributed by atoms with Gasteiger partial charge in [-0.25, -0.2) is 4.98 Å². The molecule has 1 N–H and O–H groups in total. The summed E-state index contributed by atoms with van der Waals surface area (Å²) in [5.74, 6) is 0.912. The molecule has 0 amide bonds. The lowest BCUT2D eigenvalue weighted by Gasteiger charge is -2.26. The van der Waals surface area contributed by atoms with Gasteiger partial charge in [-0.3, -0.25) is 4.90 Å². The number of nitrogens with one attached hydrogen (secondary N) is 1. The van der Waals surface area contributed by atoms with E-state index in [4.69, 9.17) is 5.26 Å². The first-order valence-corrected chi connectivity index (χ1v) is 5.91. The fourth-order valence-electron chi connectivity index (χ4n) is 1.72. The molecule has 0 aliphatic rings. The minimum absolute atomic E-state index is 0.424. The van der Waals surface area contributed by atoms with E-state index < -0.39 is 0 Å². The summed E-state index contributed by atoms with van der Waals surface area (Å²) in [6, 6.07) is 6.63. The Balaban J connectivity index is 2.75. The SMILES string of the molecule is CNc1ncccc1CN(CCC#N)C(C)C. The fraction of sp³-hybridized carbons (Fsp3) is 0.538. The largest absolute Gasteiger partial charge is 0.373 e. The number of nitrogens with zero attached hydrogens (tertiary/aromatic N) is 3. The van der Waals surface area contributed by atoms with Gasteiger partial charge in [-0.15, -0.1) is 0 Å². The van der Waals surface area contributed by atoms with Gasteiger partial charge in [0.1, 0.15) is 5.82 Å². The van der Waals surface area contributed by atoms with Crippen molar-refractivity contribution < 1.29 is 0 Å². The molecule has 17 heavy (non-hydrogen) atoms. The Morgan fingerprint density at radius 3 is 2.88 bits per heavy atom. The van der Waals surface area contributed by atoms with Crippen molar-refractivity contribution in [2.75, 3.05) is 18.9 Å². The maximum absolute atomic E-state index is 8.66. The molecule has 4 heteroatoms. The van der Waals surface area contributed by atoms with Gasteiger partial charge >= 0.3 is 0 Å². The second-order valence-electron chi connectivity index (χ2n) is 4.23. The number of nitriles is 1. The summed E-state index contributed by atoms with van der Waals surface area (Å²) in [5.41, 5.74) is 1.17. The standard InChI is InChI=1S/C13H20N4/c1-11(2)17(9-5-7-14)10-12-6-4-8-16-13(12)15-3/h4,6,8,11H,5,9-10H2,1-3H3,(H,15,16). The van der Waals surface area contributed by atoms with E-state index in [2.05, 4.69) is 41.2 Å². The van der Waals surface area contributed by atoms with E-state index in [1.54, 1.807) is 6.20 Å². The maximum Gasteiger partial charge on any atom is 0.130 e. The lowest BCUT2D eigenvalue weighted by molar-refractivity contribution is 0.218. The van der Waals surface area contributed by atoms with Crippen LogP contribution in [-0.4, -0.2) is 29.5 Å². The predicted molar refractivity (Wildman–Crippen MR) is 69.6 cm³/mol. The molecule has 0 aromatic carbocycles. The van der Waals surface area contributed by atoms with Gasteiger partial charge < -0.3 is 5.32 Å². The highest BCUT2D eigenvalue weighted by molar-refractivity contribution is 5.42. The van der Waals surface area contributed by atoms with Crippen molar-refractivity contribution >= 4 is 5.82 Å². The lowest BCUT2D eigenvalue weighted by atomic mass is 10.2. The van der Waals surface area contributed by atoms with Gasteiger partial charge in [0, 0.05) is 44.4 Å². The molecule has 0 spiro atoms. The molecule has 1 aromatic rings. The van der Waals surface area contributed by atoms with E-state index in [1.165, 1.54) is 5.56 Å². The fourth-order valence-corrected chi connectivity index (χ4v) is 1.72. The Kier molecular flexibility index (Phi) is 5.44. The normalized spacial score (nSPS) is 10.6. The summed E-state index contributed by atoms with van der Waals surface area (Å²) in [6.45, 7) is 5.91. The zero-order valence-corrected chi connectivity index (χ0v) is 10.8. The first-order chi connectivity index (χ1) is 8.19. The minimum atomic E-state index is 0.424. The number of hydrogen-bond donors (Lipinski definition) is 1. The third-order valence-electron chi connectivity index (χ3n) is 2.74. The molecule has 0 bridgehead atoms. The smallest absolute Gasteiger partial charge is 0.130 e. The Morgan fingerprint density at radius 2 is 2.29 bits per heavy atom. The topological polar surface area (TPSA) is 52.0 Å². The molecule has 92 valence electrons. The minimum Gasteiger partial charge on any atom is -0.373 e. The van der Waals surface area contributed by atoms with Gasteiger partial charge in [0.05, 0.1) is 6.07 Å². The zero-order valence-electron chi connectivity index (χ0n) is 10.8. The van der Waals surface area contributed by atoms with Gasteiger partial charge in [0.15, 0.2) is 0 Å².